The van der Waals surface area contributed by atoms with E-state index < -0.39 is 0 Å². The number of rotatable bonds is 4. The first kappa shape index (κ1) is 13.6. The maximum absolute atomic E-state index is 12.0. The first-order valence-electron chi connectivity index (χ1n) is 7.00. The number of anilines is 1. The molecule has 1 heterocycles. The van der Waals surface area contributed by atoms with Crippen LogP contribution >= 0.6 is 0 Å². The highest BCUT2D eigenvalue weighted by atomic mass is 16.5. The lowest BCUT2D eigenvalue weighted by atomic mass is 10.1. The number of hydrogen-bond donors (Lipinski definition) is 1. The minimum atomic E-state index is 0.0243. The lowest BCUT2D eigenvalue weighted by molar-refractivity contribution is -0.117. The van der Waals surface area contributed by atoms with Crippen molar-refractivity contribution < 1.29 is 14.6 Å². The summed E-state index contributed by atoms with van der Waals surface area (Å²) in [4.78, 5) is 13.7. The van der Waals surface area contributed by atoms with E-state index in [2.05, 4.69) is 0 Å². The fraction of sp³-hybridized carbons (Fsp3) is 0.235. The zero-order valence-electron chi connectivity index (χ0n) is 11.6. The molecule has 1 aliphatic rings. The number of nitrogens with zero attached hydrogens (tertiary/aromatic N) is 1. The van der Waals surface area contributed by atoms with Gasteiger partial charge in [-0.1, -0.05) is 24.3 Å². The molecule has 0 bridgehead atoms. The van der Waals surface area contributed by atoms with E-state index in [1.165, 1.54) is 0 Å². The maximum atomic E-state index is 12.0. The topological polar surface area (TPSA) is 49.8 Å². The van der Waals surface area contributed by atoms with Crippen LogP contribution in [0.1, 0.15) is 6.42 Å². The Kier molecular flexibility index (Phi) is 3.88. The van der Waals surface area contributed by atoms with Crippen LogP contribution in [-0.4, -0.2) is 24.2 Å². The molecule has 1 fully saturated rings. The highest BCUT2D eigenvalue weighted by Crippen LogP contribution is 2.29. The standard InChI is InChI=1S/C17H17NO3/c19-12-13-9-17(20)18(11-13)14-5-4-8-16(10-14)21-15-6-2-1-3-7-15/h1-8,10,13,19H,9,11-12H2. The molecule has 1 aliphatic heterocycles. The summed E-state index contributed by atoms with van der Waals surface area (Å²) < 4.78 is 5.78. The average Bonchev–Trinajstić information content (AvgIpc) is 2.90. The molecule has 1 N–H and O–H groups in total. The first-order valence-corrected chi connectivity index (χ1v) is 7.00. The van der Waals surface area contributed by atoms with Crippen LogP contribution in [0.3, 0.4) is 0 Å². The van der Waals surface area contributed by atoms with E-state index in [9.17, 15) is 9.90 Å². The van der Waals surface area contributed by atoms with Crippen LogP contribution in [-0.2, 0) is 4.79 Å². The fourth-order valence-electron chi connectivity index (χ4n) is 2.49. The van der Waals surface area contributed by atoms with Gasteiger partial charge < -0.3 is 14.7 Å². The summed E-state index contributed by atoms with van der Waals surface area (Å²) in [5.41, 5.74) is 0.810. The Morgan fingerprint density at radius 2 is 1.86 bits per heavy atom. The molecule has 108 valence electrons. The Morgan fingerprint density at radius 1 is 1.10 bits per heavy atom. The number of amides is 1. The van der Waals surface area contributed by atoms with Crippen LogP contribution in [0.5, 0.6) is 11.5 Å². The second-order valence-corrected chi connectivity index (χ2v) is 5.17. The van der Waals surface area contributed by atoms with Gasteiger partial charge in [0.1, 0.15) is 11.5 Å². The zero-order chi connectivity index (χ0) is 14.7. The molecule has 0 saturated carbocycles. The quantitative estimate of drug-likeness (QED) is 0.938. The van der Waals surface area contributed by atoms with Gasteiger partial charge in [0.15, 0.2) is 0 Å². The molecule has 1 saturated heterocycles. The number of carbonyl (C=O) groups is 1. The summed E-state index contributed by atoms with van der Waals surface area (Å²) in [6.07, 6.45) is 0.403. The lowest BCUT2D eigenvalue weighted by Crippen LogP contribution is -2.24. The predicted octanol–water partition coefficient (Wildman–Crippen LogP) is 2.82. The highest BCUT2D eigenvalue weighted by molar-refractivity contribution is 5.95. The van der Waals surface area contributed by atoms with Crippen LogP contribution < -0.4 is 9.64 Å². The molecular weight excluding hydrogens is 266 g/mol. The van der Waals surface area contributed by atoms with Crippen molar-refractivity contribution in [2.75, 3.05) is 18.1 Å². The second-order valence-electron chi connectivity index (χ2n) is 5.17. The third kappa shape index (κ3) is 3.06. The van der Waals surface area contributed by atoms with Gasteiger partial charge in [-0.05, 0) is 24.3 Å². The fourth-order valence-corrected chi connectivity index (χ4v) is 2.49. The Hall–Kier alpha value is -2.33. The van der Waals surface area contributed by atoms with Crippen molar-refractivity contribution in [1.82, 2.24) is 0 Å². The molecule has 4 heteroatoms. The van der Waals surface area contributed by atoms with Crippen molar-refractivity contribution in [3.8, 4) is 11.5 Å². The number of carbonyl (C=O) groups excluding carboxylic acids is 1. The highest BCUT2D eigenvalue weighted by Gasteiger charge is 2.30. The van der Waals surface area contributed by atoms with Crippen molar-refractivity contribution in [2.24, 2.45) is 5.92 Å². The summed E-state index contributed by atoms with van der Waals surface area (Å²) in [5.74, 6) is 1.52. The van der Waals surface area contributed by atoms with Gasteiger partial charge in [0.05, 0.1) is 0 Å². The zero-order valence-corrected chi connectivity index (χ0v) is 11.6. The predicted molar refractivity (Wildman–Crippen MR) is 80.5 cm³/mol. The van der Waals surface area contributed by atoms with E-state index >= 15 is 0 Å². The lowest BCUT2D eigenvalue weighted by Gasteiger charge is -2.17. The van der Waals surface area contributed by atoms with Crippen molar-refractivity contribution in [3.63, 3.8) is 0 Å². The van der Waals surface area contributed by atoms with Crippen LogP contribution in [0.15, 0.2) is 54.6 Å². The molecule has 1 unspecified atom stereocenters. The third-order valence-electron chi connectivity index (χ3n) is 3.57. The monoisotopic (exact) mass is 283 g/mol. The molecule has 0 aliphatic carbocycles. The molecule has 1 amide bonds. The Labute approximate surface area is 123 Å². The minimum Gasteiger partial charge on any atom is -0.457 e. The number of ether oxygens (including phenoxy) is 1. The molecule has 0 aromatic heterocycles. The van der Waals surface area contributed by atoms with Crippen molar-refractivity contribution in [2.45, 2.75) is 6.42 Å². The summed E-state index contributed by atoms with van der Waals surface area (Å²) in [6.45, 7) is 0.604. The van der Waals surface area contributed by atoms with Gasteiger partial charge in [-0.15, -0.1) is 0 Å². The number of para-hydroxylation sites is 1. The van der Waals surface area contributed by atoms with E-state index in [-0.39, 0.29) is 18.4 Å². The number of aliphatic hydroxyl groups excluding tert-OH is 1. The molecule has 0 radical (unpaired) electrons. The number of aliphatic hydroxyl groups is 1. The van der Waals surface area contributed by atoms with Gasteiger partial charge in [0.2, 0.25) is 5.91 Å². The third-order valence-corrected chi connectivity index (χ3v) is 3.57. The largest absolute Gasteiger partial charge is 0.457 e. The minimum absolute atomic E-state index is 0.0243. The van der Waals surface area contributed by atoms with Gasteiger partial charge in [-0.2, -0.15) is 0 Å². The van der Waals surface area contributed by atoms with E-state index in [1.807, 2.05) is 54.6 Å². The van der Waals surface area contributed by atoms with Crippen LogP contribution in [0.2, 0.25) is 0 Å². The first-order chi connectivity index (χ1) is 10.3. The number of hydrogen-bond acceptors (Lipinski definition) is 3. The van der Waals surface area contributed by atoms with Gasteiger partial charge in [-0.25, -0.2) is 0 Å². The molecule has 3 rings (SSSR count). The second kappa shape index (κ2) is 5.97. The van der Waals surface area contributed by atoms with Crippen LogP contribution in [0.25, 0.3) is 0 Å². The van der Waals surface area contributed by atoms with Crippen molar-refractivity contribution in [3.05, 3.63) is 54.6 Å². The van der Waals surface area contributed by atoms with Gasteiger partial charge in [-0.3, -0.25) is 4.79 Å². The molecule has 1 atom stereocenters. The molecular formula is C17H17NO3. The van der Waals surface area contributed by atoms with Gasteiger partial charge in [0, 0.05) is 37.2 Å². The van der Waals surface area contributed by atoms with Crippen molar-refractivity contribution in [1.29, 1.82) is 0 Å². The number of benzene rings is 2. The van der Waals surface area contributed by atoms with Crippen molar-refractivity contribution >= 4 is 11.6 Å². The molecule has 21 heavy (non-hydrogen) atoms. The Morgan fingerprint density at radius 3 is 2.57 bits per heavy atom. The summed E-state index contributed by atoms with van der Waals surface area (Å²) in [5, 5.41) is 9.19. The maximum Gasteiger partial charge on any atom is 0.227 e. The molecule has 4 nitrogen and oxygen atoms in total. The van der Waals surface area contributed by atoms with E-state index in [0.717, 1.165) is 11.4 Å². The molecule has 0 spiro atoms. The van der Waals surface area contributed by atoms with E-state index in [1.54, 1.807) is 4.90 Å². The van der Waals surface area contributed by atoms with Gasteiger partial charge in [0.25, 0.3) is 0 Å². The normalized spacial score (nSPS) is 18.0. The SMILES string of the molecule is O=C1CC(CO)CN1c1cccc(Oc2ccccc2)c1. The molecule has 2 aromatic rings. The average molecular weight is 283 g/mol. The summed E-state index contributed by atoms with van der Waals surface area (Å²) in [6, 6.07) is 17.0. The summed E-state index contributed by atoms with van der Waals surface area (Å²) >= 11 is 0. The van der Waals surface area contributed by atoms with E-state index in [0.29, 0.717) is 18.7 Å². The van der Waals surface area contributed by atoms with Gasteiger partial charge >= 0.3 is 0 Å². The smallest absolute Gasteiger partial charge is 0.227 e. The molecule has 2 aromatic carbocycles. The van der Waals surface area contributed by atoms with Crippen LogP contribution in [0.4, 0.5) is 5.69 Å². The van der Waals surface area contributed by atoms with Crippen LogP contribution in [0, 0.1) is 5.92 Å². The van der Waals surface area contributed by atoms with E-state index in [4.69, 9.17) is 4.74 Å². The Bertz CT molecular complexity index is 627. The Balaban J connectivity index is 1.79. The summed E-state index contributed by atoms with van der Waals surface area (Å²) in [7, 11) is 0.